The predicted molar refractivity (Wildman–Crippen MR) is 132 cm³/mol. The molecular formula is C23H34Cl3NO12. The van der Waals surface area contributed by atoms with E-state index < -0.39 is 89.1 Å². The minimum Gasteiger partial charge on any atom is -0.466 e. The largest absolute Gasteiger partial charge is 0.466 e. The summed E-state index contributed by atoms with van der Waals surface area (Å²) >= 11 is 14.4. The van der Waals surface area contributed by atoms with Crippen LogP contribution in [0.25, 0.3) is 0 Å². The van der Waals surface area contributed by atoms with Gasteiger partial charge in [0.1, 0.15) is 36.6 Å². The van der Waals surface area contributed by atoms with E-state index in [0.29, 0.717) is 0 Å². The summed E-state index contributed by atoms with van der Waals surface area (Å²) < 4.78 is 39.3. The SMILES string of the molecule is CCOC(=O)C[C@@H]([C@H]1O[C@@H]2OC(C)(C)O[C@@H]2[C@H]1O)N1OC(=O)C[C@H]1[C@H]1O[C@@H]2OC(C)(C)O[C@@H]2[C@H]1O.ClC(Cl)Cl. The van der Waals surface area contributed by atoms with E-state index in [9.17, 15) is 19.8 Å². The lowest BCUT2D eigenvalue weighted by molar-refractivity contribution is -0.259. The monoisotopic (exact) mass is 621 g/mol. The zero-order chi connectivity index (χ0) is 28.9. The van der Waals surface area contributed by atoms with Crippen molar-refractivity contribution in [3.05, 3.63) is 0 Å². The lowest BCUT2D eigenvalue weighted by Crippen LogP contribution is -2.56. The van der Waals surface area contributed by atoms with E-state index in [1.54, 1.807) is 34.6 Å². The lowest BCUT2D eigenvalue weighted by atomic mass is 9.95. The van der Waals surface area contributed by atoms with E-state index in [4.69, 9.17) is 72.8 Å². The molecule has 5 aliphatic rings. The molecule has 5 saturated heterocycles. The van der Waals surface area contributed by atoms with Crippen molar-refractivity contribution in [1.29, 1.82) is 0 Å². The number of aliphatic hydroxyl groups excluding tert-OH is 2. The molecule has 5 rings (SSSR count). The first-order valence-electron chi connectivity index (χ1n) is 12.6. The van der Waals surface area contributed by atoms with Crippen LogP contribution in [0.15, 0.2) is 0 Å². The number of carbonyl (C=O) groups excluding carboxylic acids is 2. The van der Waals surface area contributed by atoms with Crippen LogP contribution in [0.4, 0.5) is 0 Å². The lowest BCUT2D eigenvalue weighted by Gasteiger charge is -2.37. The van der Waals surface area contributed by atoms with Gasteiger partial charge in [-0.1, -0.05) is 34.8 Å². The first kappa shape index (κ1) is 31.4. The molecule has 0 amide bonds. The summed E-state index contributed by atoms with van der Waals surface area (Å²) in [5.74, 6) is -3.04. The number of alkyl halides is 3. The van der Waals surface area contributed by atoms with Gasteiger partial charge in [0, 0.05) is 0 Å². The van der Waals surface area contributed by atoms with Crippen molar-refractivity contribution in [3.8, 4) is 0 Å². The molecule has 0 unspecified atom stereocenters. The molecule has 10 atom stereocenters. The average molecular weight is 623 g/mol. The summed E-state index contributed by atoms with van der Waals surface area (Å²) in [5, 5.41) is 23.3. The van der Waals surface area contributed by atoms with Crippen LogP contribution in [0.5, 0.6) is 0 Å². The molecule has 5 heterocycles. The van der Waals surface area contributed by atoms with Gasteiger partial charge in [0.15, 0.2) is 28.4 Å². The number of fused-ring (bicyclic) bond motifs is 2. The van der Waals surface area contributed by atoms with Crippen LogP contribution in [0.3, 0.4) is 0 Å². The molecule has 0 aliphatic carbocycles. The standard InChI is InChI=1S/C22H33NO12.CHCl3/c1-6-28-11(24)7-9(15-13(26)17-19(29-15)33-21(2,3)31-17)23-10(8-12(25)35-23)16-14(27)18-20(30-16)34-22(4,5)32-18;2-1(3)4/h9-10,13-20,26-27H,6-8H2,1-5H3;1H/t9-,10-,13-,14-,15+,16+,17+,18+,19+,20+;/m0./s1. The molecule has 0 aromatic carbocycles. The smallest absolute Gasteiger partial charge is 0.326 e. The highest BCUT2D eigenvalue weighted by Crippen LogP contribution is 2.44. The van der Waals surface area contributed by atoms with E-state index in [1.807, 2.05) is 0 Å². The van der Waals surface area contributed by atoms with Gasteiger partial charge in [-0.05, 0) is 34.6 Å². The minimum absolute atomic E-state index is 0.125. The maximum absolute atomic E-state index is 12.5. The Morgan fingerprint density at radius 3 is 2.03 bits per heavy atom. The van der Waals surface area contributed by atoms with Gasteiger partial charge in [-0.25, -0.2) is 0 Å². The third kappa shape index (κ3) is 6.92. The van der Waals surface area contributed by atoms with Crippen LogP contribution in [0.2, 0.25) is 0 Å². The van der Waals surface area contributed by atoms with Crippen molar-refractivity contribution >= 4 is 46.7 Å². The molecule has 0 aromatic heterocycles. The summed E-state index contributed by atoms with van der Waals surface area (Å²) in [5.41, 5.74) is 0. The summed E-state index contributed by atoms with van der Waals surface area (Å²) in [7, 11) is 0. The Labute approximate surface area is 240 Å². The van der Waals surface area contributed by atoms with Crippen molar-refractivity contribution in [2.75, 3.05) is 6.61 Å². The van der Waals surface area contributed by atoms with Crippen LogP contribution in [-0.2, 0) is 47.6 Å². The normalized spacial score (nSPS) is 41.1. The van der Waals surface area contributed by atoms with Crippen LogP contribution in [0, 0.1) is 0 Å². The molecule has 5 aliphatic heterocycles. The maximum atomic E-state index is 12.5. The van der Waals surface area contributed by atoms with Gasteiger partial charge in [0.25, 0.3) is 0 Å². The Morgan fingerprint density at radius 1 is 0.974 bits per heavy atom. The number of carbonyl (C=O) groups is 2. The van der Waals surface area contributed by atoms with Gasteiger partial charge < -0.3 is 48.2 Å². The first-order valence-corrected chi connectivity index (χ1v) is 13.9. The predicted octanol–water partition coefficient (Wildman–Crippen LogP) is 1.30. The zero-order valence-electron chi connectivity index (χ0n) is 22.0. The second-order valence-electron chi connectivity index (χ2n) is 10.5. The number of hydrogen-bond donors (Lipinski definition) is 2. The highest BCUT2D eigenvalue weighted by atomic mass is 35.6. The molecular weight excluding hydrogens is 589 g/mol. The Balaban J connectivity index is 0.000000826. The van der Waals surface area contributed by atoms with Gasteiger partial charge in [-0.2, -0.15) is 0 Å². The Hall–Kier alpha value is -0.550. The Bertz CT molecular complexity index is 907. The van der Waals surface area contributed by atoms with Crippen LogP contribution in [-0.4, -0.2) is 111 Å². The minimum atomic E-state index is -1.19. The second-order valence-corrected chi connectivity index (χ2v) is 12.5. The van der Waals surface area contributed by atoms with E-state index in [0.717, 1.165) is 0 Å². The van der Waals surface area contributed by atoms with Crippen molar-refractivity contribution < 1.29 is 57.8 Å². The molecule has 5 fully saturated rings. The number of nitrogens with zero attached hydrogens (tertiary/aromatic N) is 1. The van der Waals surface area contributed by atoms with Crippen molar-refractivity contribution in [1.82, 2.24) is 5.06 Å². The topological polar surface area (TPSA) is 152 Å². The van der Waals surface area contributed by atoms with E-state index in [-0.39, 0.29) is 19.4 Å². The van der Waals surface area contributed by atoms with Crippen LogP contribution in [0.1, 0.15) is 47.5 Å². The van der Waals surface area contributed by atoms with E-state index in [2.05, 4.69) is 0 Å². The van der Waals surface area contributed by atoms with Crippen LogP contribution >= 0.6 is 34.8 Å². The van der Waals surface area contributed by atoms with Gasteiger partial charge in [-0.15, -0.1) is 5.06 Å². The number of hydrogen-bond acceptors (Lipinski definition) is 13. The molecule has 0 bridgehead atoms. The number of rotatable bonds is 6. The van der Waals surface area contributed by atoms with E-state index in [1.165, 1.54) is 5.06 Å². The number of halogens is 3. The fourth-order valence-corrected chi connectivity index (χ4v) is 5.47. The average Bonchev–Trinajstić information content (AvgIpc) is 3.55. The molecule has 16 heteroatoms. The van der Waals surface area contributed by atoms with Gasteiger partial charge in [0.05, 0.1) is 31.5 Å². The maximum Gasteiger partial charge on any atom is 0.326 e. The number of ether oxygens (including phenoxy) is 7. The van der Waals surface area contributed by atoms with Crippen LogP contribution < -0.4 is 0 Å². The van der Waals surface area contributed by atoms with Crippen molar-refractivity contribution in [3.63, 3.8) is 0 Å². The molecule has 39 heavy (non-hydrogen) atoms. The summed E-state index contributed by atoms with van der Waals surface area (Å²) in [6.07, 6.45) is -7.93. The first-order chi connectivity index (χ1) is 18.1. The zero-order valence-corrected chi connectivity index (χ0v) is 24.3. The molecule has 224 valence electrons. The number of aliphatic hydroxyl groups is 2. The van der Waals surface area contributed by atoms with Crippen molar-refractivity contribution in [2.45, 2.75) is 125 Å². The highest BCUT2D eigenvalue weighted by molar-refractivity contribution is 6.63. The summed E-state index contributed by atoms with van der Waals surface area (Å²) in [6, 6.07) is -1.79. The molecule has 0 radical (unpaired) electrons. The van der Waals surface area contributed by atoms with E-state index >= 15 is 0 Å². The number of esters is 1. The second kappa shape index (κ2) is 12.0. The highest BCUT2D eigenvalue weighted by Gasteiger charge is 2.62. The third-order valence-corrected chi connectivity index (χ3v) is 6.78. The molecule has 2 N–H and O–H groups in total. The Kier molecular flexibility index (Phi) is 9.64. The fourth-order valence-electron chi connectivity index (χ4n) is 5.47. The molecule has 0 aromatic rings. The van der Waals surface area contributed by atoms with Gasteiger partial charge in [0.2, 0.25) is 0 Å². The van der Waals surface area contributed by atoms with Gasteiger partial charge >= 0.3 is 11.9 Å². The molecule has 0 saturated carbocycles. The molecule has 13 nitrogen and oxygen atoms in total. The summed E-state index contributed by atoms with van der Waals surface area (Å²) in [6.45, 7) is 8.64. The number of hydroxylamine groups is 2. The quantitative estimate of drug-likeness (QED) is 0.324. The molecule has 0 spiro atoms. The Morgan fingerprint density at radius 2 is 1.51 bits per heavy atom. The summed E-state index contributed by atoms with van der Waals surface area (Å²) in [4.78, 5) is 30.5. The third-order valence-electron chi connectivity index (χ3n) is 6.78. The fraction of sp³-hybridized carbons (Fsp3) is 0.913. The van der Waals surface area contributed by atoms with Gasteiger partial charge in [-0.3, -0.25) is 9.59 Å². The van der Waals surface area contributed by atoms with Crippen molar-refractivity contribution in [2.24, 2.45) is 0 Å².